The van der Waals surface area contributed by atoms with Gasteiger partial charge < -0.3 is 15.9 Å². The van der Waals surface area contributed by atoms with Crippen LogP contribution in [0.15, 0.2) is 6.20 Å². The van der Waals surface area contributed by atoms with Crippen LogP contribution in [0.25, 0.3) is 0 Å². The van der Waals surface area contributed by atoms with Crippen molar-refractivity contribution in [2.75, 3.05) is 0 Å². The number of rotatable bonds is 3. The van der Waals surface area contributed by atoms with Gasteiger partial charge in [-0.1, -0.05) is 0 Å². The predicted octanol–water partition coefficient (Wildman–Crippen LogP) is -0.692. The minimum Gasteiger partial charge on any atom is -0.385 e. The molecule has 1 aromatic heterocycles. The largest absolute Gasteiger partial charge is 0.433 e. The zero-order chi connectivity index (χ0) is 12.5. The van der Waals surface area contributed by atoms with Crippen LogP contribution in [-0.4, -0.2) is 32.4 Å². The van der Waals surface area contributed by atoms with Crippen molar-refractivity contribution >= 4 is 5.91 Å². The number of aliphatic hydroxyl groups excluding tert-OH is 2. The molecule has 90 valence electrons. The topological polar surface area (TPSA) is 112 Å². The molecule has 9 heteroatoms. The lowest BCUT2D eigenvalue weighted by Crippen LogP contribution is -2.34. The van der Waals surface area contributed by atoms with Crippen molar-refractivity contribution in [1.29, 1.82) is 0 Å². The van der Waals surface area contributed by atoms with Crippen LogP contribution in [0.3, 0.4) is 0 Å². The number of carbonyl (C=O) groups is 1. The molecule has 0 bridgehead atoms. The van der Waals surface area contributed by atoms with Gasteiger partial charge >= 0.3 is 6.18 Å². The van der Waals surface area contributed by atoms with Crippen LogP contribution in [0, 0.1) is 0 Å². The number of aromatic amines is 1. The van der Waals surface area contributed by atoms with E-state index in [0.717, 1.165) is 0 Å². The molecule has 0 spiro atoms. The summed E-state index contributed by atoms with van der Waals surface area (Å²) in [5.74, 6) is -1.33. The minimum absolute atomic E-state index is 0.666. The van der Waals surface area contributed by atoms with E-state index in [1.807, 2.05) is 0 Å². The summed E-state index contributed by atoms with van der Waals surface area (Å²) in [7, 11) is 0. The number of alkyl halides is 3. The van der Waals surface area contributed by atoms with Crippen molar-refractivity contribution in [2.45, 2.75) is 18.4 Å². The molecular weight excluding hydrogens is 231 g/mol. The summed E-state index contributed by atoms with van der Waals surface area (Å²) < 4.78 is 37.0. The van der Waals surface area contributed by atoms with Gasteiger partial charge in [-0.2, -0.15) is 18.3 Å². The monoisotopic (exact) mass is 239 g/mol. The molecular formula is C7H8F3N3O3. The Bertz CT molecular complexity index is 390. The summed E-state index contributed by atoms with van der Waals surface area (Å²) >= 11 is 0. The second-order valence-corrected chi connectivity index (χ2v) is 2.99. The van der Waals surface area contributed by atoms with Crippen molar-refractivity contribution in [3.05, 3.63) is 17.5 Å². The maximum Gasteiger partial charge on any atom is 0.433 e. The number of amides is 1. The van der Waals surface area contributed by atoms with Gasteiger partial charge in [0.25, 0.3) is 0 Å². The summed E-state index contributed by atoms with van der Waals surface area (Å²) in [6, 6.07) is 0. The third-order valence-corrected chi connectivity index (χ3v) is 1.86. The molecule has 0 radical (unpaired) electrons. The maximum atomic E-state index is 12.3. The molecule has 16 heavy (non-hydrogen) atoms. The summed E-state index contributed by atoms with van der Waals surface area (Å²) in [6.07, 6.45) is -8.31. The molecule has 1 rings (SSSR count). The lowest BCUT2D eigenvalue weighted by atomic mass is 10.0. The first-order chi connectivity index (χ1) is 7.25. The standard InChI is InChI=1S/C7H8F3N3O3/c8-7(9,10)5-2(1-12-13-5)3(14)4(15)6(11)16/h1,3-4,14-15H,(H2,11,16)(H,12,13). The molecule has 1 amide bonds. The lowest BCUT2D eigenvalue weighted by Gasteiger charge is -2.15. The van der Waals surface area contributed by atoms with E-state index in [2.05, 4.69) is 10.8 Å². The van der Waals surface area contributed by atoms with Gasteiger partial charge in [-0.15, -0.1) is 0 Å². The van der Waals surface area contributed by atoms with Gasteiger partial charge in [0.05, 0.1) is 6.20 Å². The predicted molar refractivity (Wildman–Crippen MR) is 43.8 cm³/mol. The van der Waals surface area contributed by atoms with E-state index in [-0.39, 0.29) is 0 Å². The van der Waals surface area contributed by atoms with Crippen LogP contribution >= 0.6 is 0 Å². The van der Waals surface area contributed by atoms with Crippen LogP contribution in [0.5, 0.6) is 0 Å². The number of nitrogens with zero attached hydrogens (tertiary/aromatic N) is 1. The number of H-pyrrole nitrogens is 1. The SMILES string of the molecule is NC(=O)C(O)C(O)c1cn[nH]c1C(F)(F)F. The van der Waals surface area contributed by atoms with E-state index in [1.54, 1.807) is 5.10 Å². The van der Waals surface area contributed by atoms with Crippen molar-refractivity contribution < 1.29 is 28.2 Å². The first kappa shape index (κ1) is 12.5. The molecule has 0 aliphatic heterocycles. The van der Waals surface area contributed by atoms with Gasteiger partial charge in [0.15, 0.2) is 6.10 Å². The zero-order valence-electron chi connectivity index (χ0n) is 7.69. The molecule has 1 aromatic rings. The zero-order valence-corrected chi connectivity index (χ0v) is 7.69. The second kappa shape index (κ2) is 4.10. The van der Waals surface area contributed by atoms with E-state index in [0.29, 0.717) is 6.20 Å². The van der Waals surface area contributed by atoms with Crippen LogP contribution in [0.4, 0.5) is 13.2 Å². The highest BCUT2D eigenvalue weighted by Crippen LogP contribution is 2.33. The highest BCUT2D eigenvalue weighted by molar-refractivity contribution is 5.79. The third kappa shape index (κ3) is 2.31. The normalized spacial score (nSPS) is 15.8. The number of hydrogen-bond donors (Lipinski definition) is 4. The fourth-order valence-corrected chi connectivity index (χ4v) is 1.07. The van der Waals surface area contributed by atoms with Crippen LogP contribution in [0.2, 0.25) is 0 Å². The Morgan fingerprint density at radius 3 is 2.50 bits per heavy atom. The van der Waals surface area contributed by atoms with Gasteiger partial charge in [-0.05, 0) is 0 Å². The Morgan fingerprint density at radius 2 is 2.06 bits per heavy atom. The van der Waals surface area contributed by atoms with Gasteiger partial charge in [0.1, 0.15) is 11.8 Å². The average molecular weight is 239 g/mol. The van der Waals surface area contributed by atoms with Crippen LogP contribution in [0.1, 0.15) is 17.4 Å². The number of primary amides is 1. The molecule has 0 aliphatic rings. The summed E-state index contributed by atoms with van der Waals surface area (Å²) in [5.41, 5.74) is 2.57. The maximum absolute atomic E-state index is 12.3. The molecule has 6 nitrogen and oxygen atoms in total. The fraction of sp³-hybridized carbons (Fsp3) is 0.429. The van der Waals surface area contributed by atoms with Crippen molar-refractivity contribution in [1.82, 2.24) is 10.2 Å². The Kier molecular flexibility index (Phi) is 3.19. The minimum atomic E-state index is -4.77. The van der Waals surface area contributed by atoms with Gasteiger partial charge in [0, 0.05) is 5.56 Å². The fourth-order valence-electron chi connectivity index (χ4n) is 1.07. The molecule has 5 N–H and O–H groups in total. The smallest absolute Gasteiger partial charge is 0.385 e. The van der Waals surface area contributed by atoms with E-state index in [4.69, 9.17) is 5.11 Å². The highest BCUT2D eigenvalue weighted by atomic mass is 19.4. The Balaban J connectivity index is 3.06. The van der Waals surface area contributed by atoms with E-state index in [9.17, 15) is 23.1 Å². The third-order valence-electron chi connectivity index (χ3n) is 1.86. The summed E-state index contributed by atoms with van der Waals surface area (Å²) in [4.78, 5) is 10.5. The first-order valence-electron chi connectivity index (χ1n) is 4.01. The average Bonchev–Trinajstić information content (AvgIpc) is 2.62. The molecule has 0 fully saturated rings. The first-order valence-corrected chi connectivity index (χ1v) is 4.01. The highest BCUT2D eigenvalue weighted by Gasteiger charge is 2.39. The number of nitrogens with one attached hydrogen (secondary N) is 1. The number of halogens is 3. The molecule has 0 saturated carbocycles. The van der Waals surface area contributed by atoms with Crippen LogP contribution < -0.4 is 5.73 Å². The summed E-state index contributed by atoms with van der Waals surface area (Å²) in [5, 5.41) is 23.0. The van der Waals surface area contributed by atoms with E-state index < -0.39 is 35.5 Å². The molecule has 1 heterocycles. The quantitative estimate of drug-likeness (QED) is 0.559. The van der Waals surface area contributed by atoms with Gasteiger partial charge in [-0.25, -0.2) is 0 Å². The van der Waals surface area contributed by atoms with E-state index in [1.165, 1.54) is 0 Å². The Hall–Kier alpha value is -1.61. The summed E-state index contributed by atoms with van der Waals surface area (Å²) in [6.45, 7) is 0. The molecule has 0 aliphatic carbocycles. The number of hydrogen-bond acceptors (Lipinski definition) is 4. The molecule has 2 unspecified atom stereocenters. The Morgan fingerprint density at radius 1 is 1.50 bits per heavy atom. The van der Waals surface area contributed by atoms with Crippen molar-refractivity contribution in [3.8, 4) is 0 Å². The second-order valence-electron chi connectivity index (χ2n) is 2.99. The molecule has 2 atom stereocenters. The number of carbonyl (C=O) groups excluding carboxylic acids is 1. The van der Waals surface area contributed by atoms with Gasteiger partial charge in [0.2, 0.25) is 5.91 Å². The van der Waals surface area contributed by atoms with E-state index >= 15 is 0 Å². The molecule has 0 saturated heterocycles. The van der Waals surface area contributed by atoms with Gasteiger partial charge in [-0.3, -0.25) is 9.89 Å². The van der Waals surface area contributed by atoms with Crippen LogP contribution in [-0.2, 0) is 11.0 Å². The Labute approximate surface area is 86.9 Å². The lowest BCUT2D eigenvalue weighted by molar-refractivity contribution is -0.145. The van der Waals surface area contributed by atoms with Crippen molar-refractivity contribution in [2.24, 2.45) is 5.73 Å². The number of aliphatic hydroxyl groups is 2. The number of aromatic nitrogens is 2. The van der Waals surface area contributed by atoms with Crippen molar-refractivity contribution in [3.63, 3.8) is 0 Å². The number of nitrogens with two attached hydrogens (primary N) is 1. The molecule has 0 aromatic carbocycles.